The molecule has 0 saturated carbocycles. The first kappa shape index (κ1) is 62.9. The van der Waals surface area contributed by atoms with Crippen LogP contribution < -0.4 is 35.4 Å². The molecule has 0 aliphatic rings. The van der Waals surface area contributed by atoms with Crippen molar-refractivity contribution < 1.29 is 48.9 Å². The second-order valence-corrected chi connectivity index (χ2v) is 0.268. The molecule has 0 aromatic carbocycles. The number of nitrogens with zero attached hydrogens (tertiary/aromatic N) is 9. The Hall–Kier alpha value is -2.55. The van der Waals surface area contributed by atoms with E-state index in [0.717, 1.165) is 0 Å². The Labute approximate surface area is 116 Å². The van der Waals surface area contributed by atoms with E-state index in [1.165, 1.54) is 14.7 Å². The van der Waals surface area contributed by atoms with Gasteiger partial charge in [-0.2, -0.15) is 0 Å². The minimum atomic E-state index is 1.50. The van der Waals surface area contributed by atoms with E-state index in [2.05, 4.69) is 35.4 Å². The lowest BCUT2D eigenvalue weighted by atomic mass is 13.0. The normalized spacial score (nSPS) is 2.86. The van der Waals surface area contributed by atoms with E-state index >= 15 is 0 Å². The minimum absolute atomic E-state index is 1.50. The molecule has 0 aromatic heterocycles. The van der Waals surface area contributed by atoms with Crippen LogP contribution in [0.4, 0.5) is 0 Å². The summed E-state index contributed by atoms with van der Waals surface area (Å²) in [5.74, 6) is 17.2. The molecule has 0 aromatic rings. The van der Waals surface area contributed by atoms with Gasteiger partial charge in [0.15, 0.2) is 0 Å². The van der Waals surface area contributed by atoms with E-state index in [1.807, 2.05) is 0 Å². The molecule has 0 rings (SSSR count). The Morgan fingerprint density at radius 2 is 0.429 bits per heavy atom. The average molecular weight is 327 g/mol. The van der Waals surface area contributed by atoms with Gasteiger partial charge < -0.3 is 48.8 Å². The Bertz CT molecular complexity index is 110. The van der Waals surface area contributed by atoms with Gasteiger partial charge in [-0.1, -0.05) is 0 Å². The smallest absolute Gasteiger partial charge is 0.216 e. The predicted octanol–water partition coefficient (Wildman–Crippen LogP) is -3.55. The van der Waals surface area contributed by atoms with Crippen molar-refractivity contribution >= 4 is 0 Å². The summed E-state index contributed by atoms with van der Waals surface area (Å²) < 4.78 is 0. The van der Waals surface area contributed by atoms with E-state index in [4.69, 9.17) is 64.4 Å². The highest BCUT2D eigenvalue weighted by molar-refractivity contribution is 4.37. The molecule has 21 nitrogen and oxygen atoms in total. The van der Waals surface area contributed by atoms with Crippen LogP contribution in [0.5, 0.6) is 0 Å². The van der Waals surface area contributed by atoms with Crippen LogP contribution >= 0.6 is 0 Å². The highest BCUT2D eigenvalue weighted by Crippen LogP contribution is 1.30. The van der Waals surface area contributed by atoms with Crippen molar-refractivity contribution in [1.29, 1.82) is 0 Å². The molecule has 0 bridgehead atoms. The van der Waals surface area contributed by atoms with Gasteiger partial charge in [-0.25, -0.2) is 51.0 Å². The third-order valence-electron chi connectivity index (χ3n) is 0. The molecule has 21 heavy (non-hydrogen) atoms. The fourth-order valence-corrected chi connectivity index (χ4v) is 0. The van der Waals surface area contributed by atoms with Crippen LogP contribution in [0.2, 0.25) is 0 Å². The van der Waals surface area contributed by atoms with Crippen molar-refractivity contribution in [2.75, 3.05) is 0 Å². The summed E-state index contributed by atoms with van der Waals surface area (Å²) in [5, 5.41) is 39.8. The van der Waals surface area contributed by atoms with E-state index in [9.17, 15) is 0 Å². The number of nitrogens with two attached hydrogens (primary N) is 3. The van der Waals surface area contributed by atoms with Crippen molar-refractivity contribution in [3.63, 3.8) is 0 Å². The van der Waals surface area contributed by atoms with Crippen molar-refractivity contribution in [3.05, 3.63) is 47.9 Å². The molecule has 0 spiro atoms. The zero-order valence-electron chi connectivity index (χ0n) is 10.6. The SMILES string of the molecule is NO.NO.NO.[N-]=[N+]=[N-].[N-]=[N+]=[N-].[N-]=[N+]=[N-].[NH3+]O.[NH3+]O.[NH3+]O. The molecule has 21 heteroatoms. The van der Waals surface area contributed by atoms with Gasteiger partial charge in [0.05, 0.1) is 0 Å². The number of hydrogen-bond donors (Lipinski definition) is 12. The molecule has 0 unspecified atom stereocenters. The van der Waals surface area contributed by atoms with Crippen molar-refractivity contribution in [3.8, 4) is 0 Å². The molecule has 132 valence electrons. The maximum atomic E-state index is 6.75. The van der Waals surface area contributed by atoms with E-state index in [1.54, 1.807) is 0 Å². The van der Waals surface area contributed by atoms with Crippen LogP contribution in [0, 0.1) is 0 Å². The lowest BCUT2D eigenvalue weighted by Crippen LogP contribution is -2.42. The molecule has 0 atom stereocenters. The fraction of sp³-hybridized carbons (Fsp3) is 0. The fourth-order valence-electron chi connectivity index (χ4n) is 0. The summed E-state index contributed by atoms with van der Waals surface area (Å²) in [7, 11) is 0. The van der Waals surface area contributed by atoms with Gasteiger partial charge in [0.2, 0.25) is 0 Å². The molecule has 0 saturated heterocycles. The maximum absolute atomic E-state index is 6.75. The second-order valence-electron chi connectivity index (χ2n) is 0.268. The largest absolute Gasteiger partial charge is 0.373 e. The van der Waals surface area contributed by atoms with Crippen LogP contribution in [-0.2, 0) is 0 Å². The number of hydrogen-bond acceptors (Lipinski definition) is 9. The van der Waals surface area contributed by atoms with Gasteiger partial charge in [-0.3, -0.25) is 14.7 Å². The van der Waals surface area contributed by atoms with Gasteiger partial charge in [0.1, 0.15) is 0 Å². The molecular formula is H21N15O6. The lowest BCUT2D eigenvalue weighted by Gasteiger charge is -1.32. The Balaban J connectivity index is -0.0000000111. The molecular weight excluding hydrogens is 306 g/mol. The van der Waals surface area contributed by atoms with Crippen LogP contribution in [0.15, 0.2) is 0 Å². The molecule has 0 aliphatic carbocycles. The number of quaternary nitrogens is 3. The van der Waals surface area contributed by atoms with Gasteiger partial charge >= 0.3 is 0 Å². The predicted molar refractivity (Wildman–Crippen MR) is 62.2 cm³/mol. The summed E-state index contributed by atoms with van der Waals surface area (Å²) in [6.45, 7) is 0. The highest BCUT2D eigenvalue weighted by atomic mass is 16.4. The van der Waals surface area contributed by atoms with Crippen LogP contribution in [0.3, 0.4) is 0 Å². The lowest BCUT2D eigenvalue weighted by molar-refractivity contribution is -0.670. The van der Waals surface area contributed by atoms with E-state index in [0.29, 0.717) is 0 Å². The maximum Gasteiger partial charge on any atom is -0.216 e. The molecule has 0 radical (unpaired) electrons. The first-order valence-corrected chi connectivity index (χ1v) is 2.92. The molecule has 0 aliphatic heterocycles. The summed E-state index contributed by atoms with van der Waals surface area (Å²) >= 11 is 0. The van der Waals surface area contributed by atoms with Gasteiger partial charge in [0, 0.05) is 0 Å². The van der Waals surface area contributed by atoms with Crippen molar-refractivity contribution in [2.45, 2.75) is 0 Å². The molecule has 0 heterocycles. The standard InChI is InChI=1S/3N3.3H4NO.3H3NO/c3*1-3-2;6*1-2/h;;;3*2H,1H3;3*2H,1H2/q3*-1;3*+1;;;. The summed E-state index contributed by atoms with van der Waals surface area (Å²) in [6.07, 6.45) is 0. The van der Waals surface area contributed by atoms with Gasteiger partial charge in [-0.05, 0) is 0 Å². The Kier molecular flexibility index (Phi) is 69900. The Morgan fingerprint density at radius 1 is 0.429 bits per heavy atom. The molecule has 0 amide bonds. The van der Waals surface area contributed by atoms with E-state index < -0.39 is 0 Å². The topological polar surface area (TPSA) is 458 Å². The average Bonchev–Trinajstić information content (AvgIpc) is 2.60. The highest BCUT2D eigenvalue weighted by Gasteiger charge is 0.786. The van der Waals surface area contributed by atoms with Crippen LogP contribution in [-0.4, -0.2) is 31.2 Å². The monoisotopic (exact) mass is 327 g/mol. The Morgan fingerprint density at radius 3 is 0.429 bits per heavy atom. The van der Waals surface area contributed by atoms with Crippen LogP contribution in [0.1, 0.15) is 0 Å². The van der Waals surface area contributed by atoms with Crippen LogP contribution in [0.25, 0.3) is 47.9 Å². The van der Waals surface area contributed by atoms with Crippen molar-refractivity contribution in [1.82, 2.24) is 0 Å². The summed E-state index contributed by atoms with van der Waals surface area (Å²) in [4.78, 5) is 4.50. The van der Waals surface area contributed by atoms with Gasteiger partial charge in [-0.15, -0.1) is 0 Å². The third-order valence-corrected chi connectivity index (χ3v) is 0. The third kappa shape index (κ3) is 641. The van der Waals surface area contributed by atoms with E-state index in [-0.39, 0.29) is 0 Å². The van der Waals surface area contributed by atoms with Gasteiger partial charge in [0.25, 0.3) is 0 Å². The first-order valence-electron chi connectivity index (χ1n) is 2.92. The summed E-state index contributed by atoms with van der Waals surface area (Å²) in [6, 6.07) is 0. The second kappa shape index (κ2) is 23300. The minimum Gasteiger partial charge on any atom is -0.373 e. The van der Waals surface area contributed by atoms with Crippen molar-refractivity contribution in [2.24, 2.45) is 17.7 Å². The zero-order chi connectivity index (χ0) is 20.1. The quantitative estimate of drug-likeness (QED) is 0.0903. The molecule has 0 fully saturated rings. The zero-order valence-corrected chi connectivity index (χ0v) is 10.6. The first-order chi connectivity index (χ1) is 10.2. The molecule has 21 N–H and O–H groups in total. The number of rotatable bonds is 0. The summed E-state index contributed by atoms with van der Waals surface area (Å²) in [5.41, 5.74) is 40.5.